The van der Waals surface area contributed by atoms with E-state index in [2.05, 4.69) is 20.9 Å². The van der Waals surface area contributed by atoms with Crippen LogP contribution in [-0.2, 0) is 21.0 Å². The normalized spacial score (nSPS) is 21.1. The van der Waals surface area contributed by atoms with Crippen molar-refractivity contribution < 1.29 is 24.2 Å². The average Bonchev–Trinajstić information content (AvgIpc) is 3.29. The second-order valence-corrected chi connectivity index (χ2v) is 11.5. The Morgan fingerprint density at radius 3 is 2.60 bits per heavy atom. The topological polar surface area (TPSA) is 117 Å². The SMILES string of the molecule is O=C(O)CN1C(=O)[C@@H]2[C@H](c3cc(Br)ccc3OCc3ccc(Cl)cc3)c3sc(=O)[nH]c3S[C@@H]2C1=O. The van der Waals surface area contributed by atoms with Gasteiger partial charge >= 0.3 is 10.8 Å². The number of rotatable bonds is 6. The molecule has 1 saturated heterocycles. The number of H-pyrrole nitrogens is 1. The van der Waals surface area contributed by atoms with E-state index in [1.807, 2.05) is 12.1 Å². The highest BCUT2D eigenvalue weighted by molar-refractivity contribution is 9.10. The number of nitrogens with zero attached hydrogens (tertiary/aromatic N) is 1. The minimum atomic E-state index is -1.27. The zero-order valence-electron chi connectivity index (χ0n) is 17.7. The molecule has 3 atom stereocenters. The molecule has 5 rings (SSSR count). The number of hydrogen-bond donors (Lipinski definition) is 2. The van der Waals surface area contributed by atoms with Gasteiger partial charge in [-0.1, -0.05) is 62.8 Å². The standard InChI is InChI=1S/C23H16BrClN2O6S2/c24-11-3-6-14(33-9-10-1-4-12(25)5-2-10)13(7-11)16-17-19(34-20-18(16)35-23(32)26-20)22(31)27(21(17)30)8-15(28)29/h1-7,16-17,19H,8-9H2,(H,26,32)(H,28,29)/t16-,17+,19-/m0/s1. The van der Waals surface area contributed by atoms with E-state index < -0.39 is 41.4 Å². The van der Waals surface area contributed by atoms with Gasteiger partial charge in [-0.2, -0.15) is 0 Å². The molecule has 2 N–H and O–H groups in total. The van der Waals surface area contributed by atoms with E-state index in [4.69, 9.17) is 16.3 Å². The van der Waals surface area contributed by atoms with Crippen LogP contribution < -0.4 is 9.61 Å². The predicted molar refractivity (Wildman–Crippen MR) is 134 cm³/mol. The lowest BCUT2D eigenvalue weighted by molar-refractivity contribution is -0.149. The highest BCUT2D eigenvalue weighted by Gasteiger charge is 2.56. The Bertz CT molecular complexity index is 1410. The minimum Gasteiger partial charge on any atom is -0.489 e. The first-order valence-electron chi connectivity index (χ1n) is 10.4. The van der Waals surface area contributed by atoms with Crippen LogP contribution in [0.5, 0.6) is 5.75 Å². The van der Waals surface area contributed by atoms with E-state index >= 15 is 0 Å². The molecule has 0 unspecified atom stereocenters. The summed E-state index contributed by atoms with van der Waals surface area (Å²) in [6.45, 7) is -0.476. The number of imide groups is 1. The third-order valence-electron chi connectivity index (χ3n) is 5.82. The van der Waals surface area contributed by atoms with Crippen LogP contribution in [0, 0.1) is 5.92 Å². The van der Waals surface area contributed by atoms with Gasteiger partial charge in [0.1, 0.15) is 24.2 Å². The molecule has 2 aliphatic rings. The Morgan fingerprint density at radius 2 is 1.89 bits per heavy atom. The van der Waals surface area contributed by atoms with Gasteiger partial charge < -0.3 is 14.8 Å². The van der Waals surface area contributed by atoms with Crippen molar-refractivity contribution in [3.63, 3.8) is 0 Å². The fraction of sp³-hybridized carbons (Fsp3) is 0.217. The number of fused-ring (bicyclic) bond motifs is 2. The Morgan fingerprint density at radius 1 is 1.14 bits per heavy atom. The van der Waals surface area contributed by atoms with E-state index in [-0.39, 0.29) is 11.5 Å². The number of aliphatic carboxylic acids is 1. The van der Waals surface area contributed by atoms with E-state index in [1.54, 1.807) is 30.3 Å². The highest BCUT2D eigenvalue weighted by atomic mass is 79.9. The number of aromatic nitrogens is 1. The molecule has 12 heteroatoms. The first-order chi connectivity index (χ1) is 16.7. The second-order valence-electron chi connectivity index (χ2n) is 8.00. The van der Waals surface area contributed by atoms with Crippen molar-refractivity contribution in [2.24, 2.45) is 5.92 Å². The predicted octanol–water partition coefficient (Wildman–Crippen LogP) is 4.11. The van der Waals surface area contributed by atoms with Gasteiger partial charge in [0.05, 0.1) is 10.9 Å². The molecule has 180 valence electrons. The molecule has 1 fully saturated rings. The lowest BCUT2D eigenvalue weighted by Crippen LogP contribution is -2.36. The van der Waals surface area contributed by atoms with Gasteiger partial charge in [0.25, 0.3) is 0 Å². The zero-order chi connectivity index (χ0) is 24.9. The number of hydrogen-bond acceptors (Lipinski definition) is 7. The van der Waals surface area contributed by atoms with E-state index in [0.717, 1.165) is 38.0 Å². The summed E-state index contributed by atoms with van der Waals surface area (Å²) < 4.78 is 6.86. The molecule has 35 heavy (non-hydrogen) atoms. The molecule has 3 aromatic rings. The lowest BCUT2D eigenvalue weighted by atomic mass is 9.82. The molecule has 0 spiro atoms. The van der Waals surface area contributed by atoms with Crippen LogP contribution in [0.4, 0.5) is 0 Å². The molecule has 2 aromatic carbocycles. The van der Waals surface area contributed by atoms with E-state index in [1.165, 1.54) is 0 Å². The lowest BCUT2D eigenvalue weighted by Gasteiger charge is -2.31. The molecular weight excluding hydrogens is 580 g/mol. The van der Waals surface area contributed by atoms with Crippen LogP contribution in [-0.4, -0.2) is 44.6 Å². The maximum Gasteiger partial charge on any atom is 0.323 e. The van der Waals surface area contributed by atoms with Crippen LogP contribution >= 0.6 is 50.6 Å². The van der Waals surface area contributed by atoms with Crippen molar-refractivity contribution >= 4 is 68.4 Å². The quantitative estimate of drug-likeness (QED) is 0.412. The van der Waals surface area contributed by atoms with Crippen LogP contribution in [0.1, 0.15) is 21.9 Å². The summed E-state index contributed by atoms with van der Waals surface area (Å²) in [5.74, 6) is -3.48. The maximum absolute atomic E-state index is 13.4. The number of halogens is 2. The van der Waals surface area contributed by atoms with Crippen molar-refractivity contribution in [3.05, 3.63) is 77.6 Å². The fourth-order valence-electron chi connectivity index (χ4n) is 4.34. The maximum atomic E-state index is 13.4. The minimum absolute atomic E-state index is 0.232. The van der Waals surface area contributed by atoms with E-state index in [9.17, 15) is 24.3 Å². The summed E-state index contributed by atoms with van der Waals surface area (Å²) in [6.07, 6.45) is 0. The van der Waals surface area contributed by atoms with Gasteiger partial charge in [-0.25, -0.2) is 0 Å². The Hall–Kier alpha value is -2.60. The zero-order valence-corrected chi connectivity index (χ0v) is 21.7. The Labute approximate surface area is 220 Å². The first-order valence-corrected chi connectivity index (χ1v) is 13.2. The molecule has 0 saturated carbocycles. The number of carboxylic acid groups (broad SMARTS) is 1. The summed E-state index contributed by atoms with van der Waals surface area (Å²) in [5.41, 5.74) is 1.51. The second kappa shape index (κ2) is 9.45. The third-order valence-corrected chi connectivity index (χ3v) is 8.97. The monoisotopic (exact) mass is 594 g/mol. The van der Waals surface area contributed by atoms with Gasteiger partial charge in [-0.3, -0.25) is 24.1 Å². The summed E-state index contributed by atoms with van der Waals surface area (Å²) in [5, 5.41) is 9.50. The van der Waals surface area contributed by atoms with Crippen molar-refractivity contribution in [3.8, 4) is 5.75 Å². The number of amides is 2. The summed E-state index contributed by atoms with van der Waals surface area (Å²) in [7, 11) is 0. The van der Waals surface area contributed by atoms with Crippen LogP contribution in [0.2, 0.25) is 5.02 Å². The molecule has 2 aliphatic heterocycles. The molecule has 0 aliphatic carbocycles. The van der Waals surface area contributed by atoms with Gasteiger partial charge in [-0.15, -0.1) is 0 Å². The smallest absolute Gasteiger partial charge is 0.323 e. The number of carboxylic acids is 1. The van der Waals surface area contributed by atoms with Gasteiger partial charge in [-0.05, 0) is 35.9 Å². The highest BCUT2D eigenvalue weighted by Crippen LogP contribution is 2.54. The van der Waals surface area contributed by atoms with Crippen molar-refractivity contribution in [2.45, 2.75) is 22.8 Å². The molecule has 3 heterocycles. The third kappa shape index (κ3) is 4.53. The fourth-order valence-corrected chi connectivity index (χ4v) is 7.37. The number of nitrogens with one attached hydrogen (secondary N) is 1. The van der Waals surface area contributed by atoms with Crippen molar-refractivity contribution in [1.29, 1.82) is 0 Å². The van der Waals surface area contributed by atoms with Crippen LogP contribution in [0.3, 0.4) is 0 Å². The Kier molecular flexibility index (Phi) is 6.51. The molecule has 2 amide bonds. The molecular formula is C23H16BrClN2O6S2. The first kappa shape index (κ1) is 24.1. The number of ether oxygens (including phenoxy) is 1. The number of aromatic amines is 1. The Balaban J connectivity index is 1.58. The number of thioether (sulfide) groups is 1. The molecule has 0 bridgehead atoms. The van der Waals surface area contributed by atoms with Crippen molar-refractivity contribution in [2.75, 3.05) is 6.54 Å². The number of benzene rings is 2. The number of thiazole rings is 1. The molecule has 0 radical (unpaired) electrons. The molecule has 1 aromatic heterocycles. The van der Waals surface area contributed by atoms with Gasteiger partial charge in [0, 0.05) is 25.9 Å². The van der Waals surface area contributed by atoms with Crippen LogP contribution in [0.25, 0.3) is 0 Å². The number of carbonyl (C=O) groups is 3. The van der Waals surface area contributed by atoms with Crippen molar-refractivity contribution in [1.82, 2.24) is 9.88 Å². The van der Waals surface area contributed by atoms with Crippen LogP contribution in [0.15, 0.2) is 56.8 Å². The number of likely N-dealkylation sites (tertiary alicyclic amines) is 1. The van der Waals surface area contributed by atoms with Gasteiger partial charge in [0.2, 0.25) is 11.8 Å². The largest absolute Gasteiger partial charge is 0.489 e. The summed E-state index contributed by atoms with van der Waals surface area (Å²) in [4.78, 5) is 53.9. The molecule has 8 nitrogen and oxygen atoms in total. The number of carbonyl (C=O) groups excluding carboxylic acids is 2. The summed E-state index contributed by atoms with van der Waals surface area (Å²) in [6, 6.07) is 12.6. The van der Waals surface area contributed by atoms with E-state index in [0.29, 0.717) is 26.2 Å². The average molecular weight is 596 g/mol. The van der Waals surface area contributed by atoms with Gasteiger partial charge in [0.15, 0.2) is 0 Å². The summed E-state index contributed by atoms with van der Waals surface area (Å²) >= 11 is 11.5.